The Kier molecular flexibility index (Phi) is 4.22. The molecule has 1 heterocycles. The Labute approximate surface area is 110 Å². The van der Waals surface area contributed by atoms with E-state index in [1.165, 1.54) is 12.1 Å². The zero-order valence-electron chi connectivity index (χ0n) is 10.6. The summed E-state index contributed by atoms with van der Waals surface area (Å²) in [6.07, 6.45) is 2.95. The molecule has 1 atom stereocenters. The molecule has 1 unspecified atom stereocenters. The third kappa shape index (κ3) is 3.15. The van der Waals surface area contributed by atoms with Crippen molar-refractivity contribution in [2.24, 2.45) is 0 Å². The highest BCUT2D eigenvalue weighted by molar-refractivity contribution is 5.28. The van der Waals surface area contributed by atoms with Crippen LogP contribution in [-0.2, 0) is 6.42 Å². The molecule has 2 nitrogen and oxygen atoms in total. The monoisotopic (exact) mass is 263 g/mol. The van der Waals surface area contributed by atoms with E-state index >= 15 is 0 Å². The van der Waals surface area contributed by atoms with Crippen LogP contribution in [0.25, 0.3) is 0 Å². The fourth-order valence-corrected chi connectivity index (χ4v) is 1.98. The molecule has 0 fully saturated rings. The quantitative estimate of drug-likeness (QED) is 0.917. The molecule has 2 aromatic rings. The van der Waals surface area contributed by atoms with Crippen LogP contribution in [0.1, 0.15) is 29.2 Å². The summed E-state index contributed by atoms with van der Waals surface area (Å²) >= 11 is 0. The molecule has 0 bridgehead atoms. The third-order valence-corrected chi connectivity index (χ3v) is 3.11. The summed E-state index contributed by atoms with van der Waals surface area (Å²) in [5.41, 5.74) is 1.07. The highest BCUT2D eigenvalue weighted by Crippen LogP contribution is 2.26. The number of hydrogen-bond acceptors (Lipinski definition) is 2. The SMILES string of the molecule is Cc1ccc(F)c(C(O)CCc2ccncc2)c1F. The first-order chi connectivity index (χ1) is 9.09. The van der Waals surface area contributed by atoms with Crippen molar-refractivity contribution in [3.63, 3.8) is 0 Å². The van der Waals surface area contributed by atoms with Gasteiger partial charge in [-0.3, -0.25) is 4.98 Å². The van der Waals surface area contributed by atoms with Crippen LogP contribution in [0, 0.1) is 18.6 Å². The number of aliphatic hydroxyl groups excluding tert-OH is 1. The highest BCUT2D eigenvalue weighted by atomic mass is 19.1. The molecule has 1 aromatic heterocycles. The van der Waals surface area contributed by atoms with Gasteiger partial charge in [0.15, 0.2) is 0 Å². The topological polar surface area (TPSA) is 33.1 Å². The van der Waals surface area contributed by atoms with Gasteiger partial charge in [-0.25, -0.2) is 8.78 Å². The second-order valence-electron chi connectivity index (χ2n) is 4.50. The lowest BCUT2D eigenvalue weighted by Crippen LogP contribution is -2.07. The van der Waals surface area contributed by atoms with Crippen molar-refractivity contribution >= 4 is 0 Å². The summed E-state index contributed by atoms with van der Waals surface area (Å²) in [4.78, 5) is 3.89. The van der Waals surface area contributed by atoms with E-state index in [4.69, 9.17) is 0 Å². The lowest BCUT2D eigenvalue weighted by Gasteiger charge is -2.14. The van der Waals surface area contributed by atoms with Gasteiger partial charge in [-0.2, -0.15) is 0 Å². The fraction of sp³-hybridized carbons (Fsp3) is 0.267. The summed E-state index contributed by atoms with van der Waals surface area (Å²) in [6, 6.07) is 6.18. The number of aromatic nitrogens is 1. The van der Waals surface area contributed by atoms with Gasteiger partial charge >= 0.3 is 0 Å². The molecule has 0 aliphatic heterocycles. The van der Waals surface area contributed by atoms with Gasteiger partial charge in [0.2, 0.25) is 0 Å². The second-order valence-corrected chi connectivity index (χ2v) is 4.50. The molecule has 0 aliphatic rings. The molecule has 0 saturated heterocycles. The molecule has 1 N–H and O–H groups in total. The number of halogens is 2. The van der Waals surface area contributed by atoms with Crippen LogP contribution < -0.4 is 0 Å². The minimum atomic E-state index is -1.15. The van der Waals surface area contributed by atoms with Crippen molar-refractivity contribution in [1.82, 2.24) is 4.98 Å². The predicted molar refractivity (Wildman–Crippen MR) is 68.6 cm³/mol. The molecule has 4 heteroatoms. The largest absolute Gasteiger partial charge is 0.388 e. The Hall–Kier alpha value is -1.81. The summed E-state index contributed by atoms with van der Waals surface area (Å²) in [5, 5.41) is 9.97. The van der Waals surface area contributed by atoms with Gasteiger partial charge in [0, 0.05) is 12.4 Å². The molecular formula is C15H15F2NO. The smallest absolute Gasteiger partial charge is 0.134 e. The minimum absolute atomic E-state index is 0.242. The van der Waals surface area contributed by atoms with Crippen molar-refractivity contribution in [3.05, 3.63) is 65.0 Å². The molecule has 0 saturated carbocycles. The van der Waals surface area contributed by atoms with E-state index in [1.807, 2.05) is 12.1 Å². The molecule has 19 heavy (non-hydrogen) atoms. The van der Waals surface area contributed by atoms with Crippen LogP contribution in [-0.4, -0.2) is 10.1 Å². The minimum Gasteiger partial charge on any atom is -0.388 e. The Morgan fingerprint density at radius 3 is 2.53 bits per heavy atom. The molecular weight excluding hydrogens is 248 g/mol. The van der Waals surface area contributed by atoms with Crippen LogP contribution >= 0.6 is 0 Å². The predicted octanol–water partition coefficient (Wildman–Crippen LogP) is 3.33. The molecule has 2 rings (SSSR count). The normalized spacial score (nSPS) is 12.4. The molecule has 100 valence electrons. The first-order valence-electron chi connectivity index (χ1n) is 6.11. The summed E-state index contributed by atoms with van der Waals surface area (Å²) in [6.45, 7) is 1.55. The molecule has 0 amide bonds. The second kappa shape index (κ2) is 5.89. The summed E-state index contributed by atoms with van der Waals surface area (Å²) in [5.74, 6) is -1.37. The first kappa shape index (κ1) is 13.6. The van der Waals surface area contributed by atoms with Crippen molar-refractivity contribution < 1.29 is 13.9 Å². The Bertz CT molecular complexity index is 558. The van der Waals surface area contributed by atoms with Gasteiger partial charge in [-0.05, 0) is 49.1 Å². The lowest BCUT2D eigenvalue weighted by molar-refractivity contribution is 0.158. The van der Waals surface area contributed by atoms with Gasteiger partial charge in [-0.15, -0.1) is 0 Å². The van der Waals surface area contributed by atoms with E-state index in [-0.39, 0.29) is 12.0 Å². The van der Waals surface area contributed by atoms with Gasteiger partial charge in [0.05, 0.1) is 11.7 Å². The maximum atomic E-state index is 13.8. The average molecular weight is 263 g/mol. The van der Waals surface area contributed by atoms with E-state index in [9.17, 15) is 13.9 Å². The molecule has 0 radical (unpaired) electrons. The highest BCUT2D eigenvalue weighted by Gasteiger charge is 2.19. The first-order valence-corrected chi connectivity index (χ1v) is 6.11. The van der Waals surface area contributed by atoms with E-state index in [0.29, 0.717) is 12.0 Å². The van der Waals surface area contributed by atoms with Crippen LogP contribution in [0.2, 0.25) is 0 Å². The number of aliphatic hydroxyl groups is 1. The van der Waals surface area contributed by atoms with E-state index in [1.54, 1.807) is 19.3 Å². The number of aryl methyl sites for hydroxylation is 2. The van der Waals surface area contributed by atoms with Gasteiger partial charge < -0.3 is 5.11 Å². The van der Waals surface area contributed by atoms with Crippen molar-refractivity contribution in [2.45, 2.75) is 25.9 Å². The number of pyridine rings is 1. The van der Waals surface area contributed by atoms with Crippen LogP contribution in [0.5, 0.6) is 0 Å². The third-order valence-electron chi connectivity index (χ3n) is 3.11. The Morgan fingerprint density at radius 1 is 1.16 bits per heavy atom. The Balaban J connectivity index is 2.12. The number of nitrogens with zero attached hydrogens (tertiary/aromatic N) is 1. The Morgan fingerprint density at radius 2 is 1.84 bits per heavy atom. The van der Waals surface area contributed by atoms with E-state index < -0.39 is 17.7 Å². The molecule has 0 spiro atoms. The van der Waals surface area contributed by atoms with Gasteiger partial charge in [0.25, 0.3) is 0 Å². The van der Waals surface area contributed by atoms with Gasteiger partial charge in [0.1, 0.15) is 11.6 Å². The fourth-order valence-electron chi connectivity index (χ4n) is 1.98. The van der Waals surface area contributed by atoms with E-state index in [2.05, 4.69) is 4.98 Å². The molecule has 1 aromatic carbocycles. The lowest BCUT2D eigenvalue weighted by atomic mass is 9.99. The average Bonchev–Trinajstić information content (AvgIpc) is 2.42. The van der Waals surface area contributed by atoms with Crippen LogP contribution in [0.3, 0.4) is 0 Å². The maximum Gasteiger partial charge on any atom is 0.134 e. The number of benzene rings is 1. The zero-order chi connectivity index (χ0) is 13.8. The maximum absolute atomic E-state index is 13.8. The standard InChI is InChI=1S/C15H15F2NO/c1-10-2-4-12(16)14(15(10)17)13(19)5-3-11-6-8-18-9-7-11/h2,4,6-9,13,19H,3,5H2,1H3. The van der Waals surface area contributed by atoms with Crippen molar-refractivity contribution in [2.75, 3.05) is 0 Å². The number of hydrogen-bond donors (Lipinski definition) is 1. The summed E-state index contributed by atoms with van der Waals surface area (Å²) in [7, 11) is 0. The van der Waals surface area contributed by atoms with Crippen molar-refractivity contribution in [3.8, 4) is 0 Å². The zero-order valence-corrected chi connectivity index (χ0v) is 10.6. The van der Waals surface area contributed by atoms with Crippen molar-refractivity contribution in [1.29, 1.82) is 0 Å². The van der Waals surface area contributed by atoms with Crippen LogP contribution in [0.15, 0.2) is 36.7 Å². The van der Waals surface area contributed by atoms with Crippen LogP contribution in [0.4, 0.5) is 8.78 Å². The van der Waals surface area contributed by atoms with Gasteiger partial charge in [-0.1, -0.05) is 6.07 Å². The molecule has 0 aliphatic carbocycles. The number of rotatable bonds is 4. The van der Waals surface area contributed by atoms with E-state index in [0.717, 1.165) is 5.56 Å². The summed E-state index contributed by atoms with van der Waals surface area (Å²) < 4.78 is 27.4.